The number of carboxylic acid groups (broad SMARTS) is 2. The third-order valence-corrected chi connectivity index (χ3v) is 5.51. The van der Waals surface area contributed by atoms with Gasteiger partial charge in [-0.25, -0.2) is 4.79 Å². The maximum absolute atomic E-state index is 13.1. The van der Waals surface area contributed by atoms with Crippen LogP contribution < -0.4 is 0 Å². The van der Waals surface area contributed by atoms with E-state index in [9.17, 15) is 27.9 Å². The number of amides is 1. The molecule has 10 heteroatoms. The molecule has 1 aromatic heterocycles. The first-order valence-corrected chi connectivity index (χ1v) is 9.26. The quantitative estimate of drug-likeness (QED) is 0.767. The van der Waals surface area contributed by atoms with Gasteiger partial charge in [-0.1, -0.05) is 12.1 Å². The van der Waals surface area contributed by atoms with Crippen molar-refractivity contribution in [3.8, 4) is 0 Å². The summed E-state index contributed by atoms with van der Waals surface area (Å²) in [7, 11) is 0. The van der Waals surface area contributed by atoms with E-state index in [1.165, 1.54) is 0 Å². The van der Waals surface area contributed by atoms with Crippen LogP contribution in [0.15, 0.2) is 36.7 Å². The molecule has 1 saturated carbocycles. The molecule has 1 aliphatic carbocycles. The average Bonchev–Trinajstić information content (AvgIpc) is 2.72. The van der Waals surface area contributed by atoms with E-state index >= 15 is 0 Å². The van der Waals surface area contributed by atoms with Gasteiger partial charge in [0.05, 0.1) is 5.92 Å². The molecule has 7 nitrogen and oxygen atoms in total. The molecule has 0 radical (unpaired) electrons. The molecule has 3 unspecified atom stereocenters. The number of fused-ring (bicyclic) bond motifs is 4. The van der Waals surface area contributed by atoms with E-state index in [2.05, 4.69) is 4.98 Å². The van der Waals surface area contributed by atoms with E-state index in [1.54, 1.807) is 17.3 Å². The number of carbonyl (C=O) groups excluding carboxylic acids is 1. The van der Waals surface area contributed by atoms with Gasteiger partial charge >= 0.3 is 18.1 Å². The fourth-order valence-electron chi connectivity index (χ4n) is 4.15. The van der Waals surface area contributed by atoms with Crippen LogP contribution in [0.4, 0.5) is 13.2 Å². The topological polar surface area (TPSA) is 108 Å². The van der Waals surface area contributed by atoms with Gasteiger partial charge in [0.25, 0.3) is 5.91 Å². The van der Waals surface area contributed by atoms with E-state index in [4.69, 9.17) is 9.90 Å². The molecule has 3 fully saturated rings. The highest BCUT2D eigenvalue weighted by Gasteiger charge is 2.46. The molecule has 2 saturated heterocycles. The van der Waals surface area contributed by atoms with Crippen LogP contribution in [0.1, 0.15) is 29.6 Å². The van der Waals surface area contributed by atoms with Crippen LogP contribution in [-0.2, 0) is 9.59 Å². The molecule has 30 heavy (non-hydrogen) atoms. The van der Waals surface area contributed by atoms with Gasteiger partial charge < -0.3 is 15.1 Å². The normalized spacial score (nSPS) is 22.9. The molecule has 2 aromatic rings. The highest BCUT2D eigenvalue weighted by atomic mass is 19.4. The van der Waals surface area contributed by atoms with Crippen molar-refractivity contribution in [1.29, 1.82) is 0 Å². The molecule has 3 atom stereocenters. The molecule has 3 aliphatic rings. The third kappa shape index (κ3) is 4.37. The third-order valence-electron chi connectivity index (χ3n) is 5.51. The second-order valence-corrected chi connectivity index (χ2v) is 7.35. The number of benzene rings is 1. The molecule has 5 rings (SSSR count). The minimum absolute atomic E-state index is 0.0655. The van der Waals surface area contributed by atoms with Crippen LogP contribution in [0.25, 0.3) is 10.8 Å². The summed E-state index contributed by atoms with van der Waals surface area (Å²) < 4.78 is 31.7. The Kier molecular flexibility index (Phi) is 5.95. The number of carbonyl (C=O) groups is 3. The summed E-state index contributed by atoms with van der Waals surface area (Å²) >= 11 is 0. The second kappa shape index (κ2) is 8.29. The monoisotopic (exact) mass is 424 g/mol. The fraction of sp³-hybridized carbons (Fsp3) is 0.400. The first-order valence-electron chi connectivity index (χ1n) is 9.26. The maximum atomic E-state index is 13.1. The van der Waals surface area contributed by atoms with Crippen LogP contribution in [0.2, 0.25) is 0 Å². The molecular weight excluding hydrogens is 405 g/mol. The van der Waals surface area contributed by atoms with Gasteiger partial charge in [-0.2, -0.15) is 13.2 Å². The number of hydrogen-bond donors (Lipinski definition) is 2. The zero-order chi connectivity index (χ0) is 22.1. The van der Waals surface area contributed by atoms with Crippen molar-refractivity contribution < 1.29 is 37.8 Å². The van der Waals surface area contributed by atoms with E-state index in [-0.39, 0.29) is 11.9 Å². The Morgan fingerprint density at radius 3 is 2.40 bits per heavy atom. The zero-order valence-electron chi connectivity index (χ0n) is 15.7. The smallest absolute Gasteiger partial charge is 0.481 e. The molecule has 2 N–H and O–H groups in total. The number of aliphatic carboxylic acids is 2. The highest BCUT2D eigenvalue weighted by Crippen LogP contribution is 2.40. The Morgan fingerprint density at radius 2 is 1.80 bits per heavy atom. The second-order valence-electron chi connectivity index (χ2n) is 7.35. The number of pyridine rings is 1. The van der Waals surface area contributed by atoms with Crippen LogP contribution in [0.3, 0.4) is 0 Å². The van der Waals surface area contributed by atoms with E-state index < -0.39 is 24.0 Å². The summed E-state index contributed by atoms with van der Waals surface area (Å²) in [5.74, 6) is -3.73. The van der Waals surface area contributed by atoms with Crippen molar-refractivity contribution in [3.05, 3.63) is 42.2 Å². The van der Waals surface area contributed by atoms with Crippen molar-refractivity contribution in [2.75, 3.05) is 6.54 Å². The number of hydrogen-bond acceptors (Lipinski definition) is 4. The first-order chi connectivity index (χ1) is 14.1. The molecule has 3 heterocycles. The molecule has 2 aliphatic heterocycles. The van der Waals surface area contributed by atoms with E-state index in [1.807, 2.05) is 24.3 Å². The lowest BCUT2D eigenvalue weighted by Gasteiger charge is -2.48. The maximum Gasteiger partial charge on any atom is 0.490 e. The van der Waals surface area contributed by atoms with Crippen LogP contribution in [-0.4, -0.2) is 56.7 Å². The zero-order valence-corrected chi connectivity index (χ0v) is 15.7. The summed E-state index contributed by atoms with van der Waals surface area (Å²) in [4.78, 5) is 39.4. The molecule has 1 amide bonds. The van der Waals surface area contributed by atoms with Crippen LogP contribution in [0.5, 0.6) is 0 Å². The van der Waals surface area contributed by atoms with Crippen molar-refractivity contribution in [1.82, 2.24) is 9.88 Å². The minimum Gasteiger partial charge on any atom is -0.481 e. The fourth-order valence-corrected chi connectivity index (χ4v) is 4.15. The van der Waals surface area contributed by atoms with Gasteiger partial charge in [0, 0.05) is 35.9 Å². The number of rotatable bonds is 2. The predicted octanol–water partition coefficient (Wildman–Crippen LogP) is 3.19. The average molecular weight is 424 g/mol. The number of halogens is 3. The summed E-state index contributed by atoms with van der Waals surface area (Å²) in [6.07, 6.45) is 0.839. The molecule has 1 aromatic carbocycles. The highest BCUT2D eigenvalue weighted by molar-refractivity contribution is 6.07. The summed E-state index contributed by atoms with van der Waals surface area (Å²) in [6, 6.07) is 7.33. The number of alkyl halides is 3. The van der Waals surface area contributed by atoms with Gasteiger partial charge in [0.1, 0.15) is 0 Å². The van der Waals surface area contributed by atoms with Crippen LogP contribution in [0, 0.1) is 11.8 Å². The lowest BCUT2D eigenvalue weighted by atomic mass is 9.72. The number of piperidine rings is 2. The summed E-state index contributed by atoms with van der Waals surface area (Å²) in [6.45, 7) is 0.671. The Morgan fingerprint density at radius 1 is 1.10 bits per heavy atom. The standard InChI is InChI=1S/C18H18N2O3.C2HF3O2/c21-17(13-3-1-2-12-6-7-19-9-15(12)13)20-10-11-4-5-16(20)14(8-11)18(22)23;3-2(4,5)1(6)7/h1-3,6-7,9,11,14,16H,4-5,8,10H2,(H,22,23);(H,6,7). The predicted molar refractivity (Wildman–Crippen MR) is 98.7 cm³/mol. The van der Waals surface area contributed by atoms with Crippen LogP contribution >= 0.6 is 0 Å². The largest absolute Gasteiger partial charge is 0.490 e. The van der Waals surface area contributed by atoms with E-state index in [0.29, 0.717) is 24.4 Å². The molecule has 160 valence electrons. The Balaban J connectivity index is 0.000000318. The summed E-state index contributed by atoms with van der Waals surface area (Å²) in [5.41, 5.74) is 0.618. The molecule has 2 bridgehead atoms. The Hall–Kier alpha value is -3.17. The number of nitrogens with zero attached hydrogens (tertiary/aromatic N) is 2. The Labute approximate surface area is 169 Å². The SMILES string of the molecule is O=C(O)C(F)(F)F.O=C(O)C1CC2CCC1N(C(=O)c1cccc3ccncc13)C2. The van der Waals surface area contributed by atoms with Crippen molar-refractivity contribution >= 4 is 28.6 Å². The Bertz CT molecular complexity index is 973. The van der Waals surface area contributed by atoms with Gasteiger partial charge in [-0.05, 0) is 42.7 Å². The van der Waals surface area contributed by atoms with Crippen molar-refractivity contribution in [2.24, 2.45) is 11.8 Å². The molecular formula is C20H19F3N2O5. The van der Waals surface area contributed by atoms with Crippen molar-refractivity contribution in [3.63, 3.8) is 0 Å². The van der Waals surface area contributed by atoms with Gasteiger partial charge in [0.2, 0.25) is 0 Å². The van der Waals surface area contributed by atoms with Crippen molar-refractivity contribution in [2.45, 2.75) is 31.5 Å². The minimum atomic E-state index is -5.08. The van der Waals surface area contributed by atoms with Gasteiger partial charge in [-0.3, -0.25) is 14.6 Å². The lowest BCUT2D eigenvalue weighted by molar-refractivity contribution is -0.192. The van der Waals surface area contributed by atoms with E-state index in [0.717, 1.165) is 23.6 Å². The number of aromatic nitrogens is 1. The molecule has 0 spiro atoms. The van der Waals surface area contributed by atoms with Gasteiger partial charge in [-0.15, -0.1) is 0 Å². The van der Waals surface area contributed by atoms with Gasteiger partial charge in [0.15, 0.2) is 0 Å². The lowest BCUT2D eigenvalue weighted by Crippen LogP contribution is -2.57. The summed E-state index contributed by atoms with van der Waals surface area (Å²) in [5, 5.41) is 18.4. The first kappa shape index (κ1) is 21.5. The number of carboxylic acids is 2.